The Labute approximate surface area is 112 Å². The second-order valence-corrected chi connectivity index (χ2v) is 4.06. The Bertz CT molecular complexity index is 470. The second-order valence-electron chi connectivity index (χ2n) is 4.06. The number of ether oxygens (including phenoxy) is 1. The zero-order chi connectivity index (χ0) is 14.4. The van der Waals surface area contributed by atoms with Crippen molar-refractivity contribution in [2.75, 3.05) is 26.0 Å². The van der Waals surface area contributed by atoms with Crippen LogP contribution in [0.1, 0.15) is 15.9 Å². The van der Waals surface area contributed by atoms with Gasteiger partial charge in [-0.2, -0.15) is 0 Å². The van der Waals surface area contributed by atoms with Gasteiger partial charge < -0.3 is 21.1 Å². The van der Waals surface area contributed by atoms with Gasteiger partial charge in [0, 0.05) is 32.0 Å². The third kappa shape index (κ3) is 3.77. The van der Waals surface area contributed by atoms with Gasteiger partial charge in [0.15, 0.2) is 0 Å². The van der Waals surface area contributed by atoms with Crippen molar-refractivity contribution in [3.63, 3.8) is 0 Å². The summed E-state index contributed by atoms with van der Waals surface area (Å²) in [6.45, 7) is 1.93. The van der Waals surface area contributed by atoms with Crippen LogP contribution in [0.5, 0.6) is 0 Å². The molecule has 0 aromatic heterocycles. The molecule has 6 heteroatoms. The lowest BCUT2D eigenvalue weighted by atomic mass is 10.1. The molecule has 0 fully saturated rings. The maximum atomic E-state index is 11.9. The Morgan fingerprint density at radius 1 is 1.42 bits per heavy atom. The Hall–Kier alpha value is -1.92. The topological polar surface area (TPSA) is 93.5 Å². The van der Waals surface area contributed by atoms with Gasteiger partial charge >= 0.3 is 0 Å². The largest absolute Gasteiger partial charge is 0.370 e. The molecule has 2 amide bonds. The molecule has 0 radical (unpaired) electrons. The molecule has 0 aliphatic carbocycles. The van der Waals surface area contributed by atoms with Gasteiger partial charge in [-0.1, -0.05) is 6.07 Å². The average Bonchev–Trinajstić information content (AvgIpc) is 2.41. The zero-order valence-corrected chi connectivity index (χ0v) is 11.3. The molecular formula is C13H19N3O3. The number of hydrogen-bond donors (Lipinski definition) is 3. The van der Waals surface area contributed by atoms with Crippen molar-refractivity contribution >= 4 is 17.5 Å². The van der Waals surface area contributed by atoms with E-state index in [1.54, 1.807) is 25.2 Å². The number of hydrogen-bond acceptors (Lipinski definition) is 4. The van der Waals surface area contributed by atoms with Crippen molar-refractivity contribution in [3.05, 3.63) is 29.3 Å². The molecule has 6 nitrogen and oxygen atoms in total. The normalized spacial score (nSPS) is 11.8. The SMILES string of the molecule is CNC(=O)c1ccc(C)c(NC(=O)C(CN)OC)c1. The molecule has 0 heterocycles. The van der Waals surface area contributed by atoms with E-state index in [0.29, 0.717) is 11.3 Å². The van der Waals surface area contributed by atoms with Crippen LogP contribution in [0, 0.1) is 6.92 Å². The van der Waals surface area contributed by atoms with Gasteiger partial charge in [0.2, 0.25) is 0 Å². The number of benzene rings is 1. The van der Waals surface area contributed by atoms with E-state index < -0.39 is 6.10 Å². The summed E-state index contributed by atoms with van der Waals surface area (Å²) in [5.74, 6) is -0.542. The number of rotatable bonds is 5. The first-order valence-corrected chi connectivity index (χ1v) is 5.90. The molecule has 104 valence electrons. The fraction of sp³-hybridized carbons (Fsp3) is 0.385. The highest BCUT2D eigenvalue weighted by Crippen LogP contribution is 2.17. The van der Waals surface area contributed by atoms with Crippen molar-refractivity contribution < 1.29 is 14.3 Å². The van der Waals surface area contributed by atoms with Crippen molar-refractivity contribution in [1.29, 1.82) is 0 Å². The summed E-state index contributed by atoms with van der Waals surface area (Å²) in [5.41, 5.74) is 7.33. The minimum absolute atomic E-state index is 0.0938. The van der Waals surface area contributed by atoms with Crippen LogP contribution in [-0.2, 0) is 9.53 Å². The summed E-state index contributed by atoms with van der Waals surface area (Å²) in [6.07, 6.45) is -0.706. The summed E-state index contributed by atoms with van der Waals surface area (Å²) in [7, 11) is 2.97. The predicted octanol–water partition coefficient (Wildman–Crippen LogP) is 0.267. The molecule has 0 bridgehead atoms. The number of nitrogens with two attached hydrogens (primary N) is 1. The number of aryl methyl sites for hydroxylation is 1. The van der Waals surface area contributed by atoms with Gasteiger partial charge in [0.1, 0.15) is 6.10 Å². The highest BCUT2D eigenvalue weighted by molar-refractivity contribution is 5.98. The number of anilines is 1. The van der Waals surface area contributed by atoms with Crippen LogP contribution in [0.3, 0.4) is 0 Å². The molecule has 0 aliphatic heterocycles. The first-order valence-electron chi connectivity index (χ1n) is 5.90. The highest BCUT2D eigenvalue weighted by atomic mass is 16.5. The van der Waals surface area contributed by atoms with Gasteiger partial charge in [-0.25, -0.2) is 0 Å². The maximum Gasteiger partial charge on any atom is 0.254 e. The third-order valence-electron chi connectivity index (χ3n) is 2.78. The Morgan fingerprint density at radius 3 is 2.63 bits per heavy atom. The zero-order valence-electron chi connectivity index (χ0n) is 11.3. The molecule has 0 spiro atoms. The summed E-state index contributed by atoms with van der Waals surface area (Å²) in [4.78, 5) is 23.4. The fourth-order valence-electron chi connectivity index (χ4n) is 1.57. The fourth-order valence-corrected chi connectivity index (χ4v) is 1.57. The number of carbonyl (C=O) groups is 2. The van der Waals surface area contributed by atoms with E-state index in [4.69, 9.17) is 10.5 Å². The summed E-state index contributed by atoms with van der Waals surface area (Å²) in [5, 5.41) is 5.24. The van der Waals surface area contributed by atoms with Gasteiger partial charge in [-0.05, 0) is 24.6 Å². The van der Waals surface area contributed by atoms with E-state index in [1.165, 1.54) is 7.11 Å². The van der Waals surface area contributed by atoms with E-state index in [1.807, 2.05) is 6.92 Å². The first kappa shape index (κ1) is 15.1. The molecule has 1 rings (SSSR count). The Balaban J connectivity index is 2.94. The van der Waals surface area contributed by atoms with Crippen molar-refractivity contribution in [3.8, 4) is 0 Å². The Kier molecular flexibility index (Phi) is 5.47. The molecule has 1 atom stereocenters. The minimum Gasteiger partial charge on any atom is -0.370 e. The van der Waals surface area contributed by atoms with E-state index >= 15 is 0 Å². The minimum atomic E-state index is -0.706. The van der Waals surface area contributed by atoms with Crippen LogP contribution in [0.4, 0.5) is 5.69 Å². The lowest BCUT2D eigenvalue weighted by Crippen LogP contribution is -2.36. The molecular weight excluding hydrogens is 246 g/mol. The van der Waals surface area contributed by atoms with E-state index in [2.05, 4.69) is 10.6 Å². The van der Waals surface area contributed by atoms with Crippen LogP contribution in [0.25, 0.3) is 0 Å². The monoisotopic (exact) mass is 265 g/mol. The van der Waals surface area contributed by atoms with Crippen LogP contribution in [-0.4, -0.2) is 38.6 Å². The van der Waals surface area contributed by atoms with Gasteiger partial charge in [-0.3, -0.25) is 9.59 Å². The van der Waals surface area contributed by atoms with E-state index in [-0.39, 0.29) is 18.4 Å². The number of nitrogens with one attached hydrogen (secondary N) is 2. The van der Waals surface area contributed by atoms with Crippen LogP contribution >= 0.6 is 0 Å². The molecule has 4 N–H and O–H groups in total. The summed E-state index contributed by atoms with van der Waals surface area (Å²) < 4.78 is 4.96. The number of amides is 2. The highest BCUT2D eigenvalue weighted by Gasteiger charge is 2.17. The van der Waals surface area contributed by atoms with Gasteiger partial charge in [0.05, 0.1) is 0 Å². The molecule has 0 aliphatic rings. The van der Waals surface area contributed by atoms with Crippen molar-refractivity contribution in [1.82, 2.24) is 5.32 Å². The number of carbonyl (C=O) groups excluding carboxylic acids is 2. The van der Waals surface area contributed by atoms with E-state index in [9.17, 15) is 9.59 Å². The molecule has 19 heavy (non-hydrogen) atoms. The van der Waals surface area contributed by atoms with Crippen molar-refractivity contribution in [2.45, 2.75) is 13.0 Å². The van der Waals surface area contributed by atoms with Crippen LogP contribution in [0.15, 0.2) is 18.2 Å². The van der Waals surface area contributed by atoms with Gasteiger partial charge in [0.25, 0.3) is 11.8 Å². The third-order valence-corrected chi connectivity index (χ3v) is 2.78. The standard InChI is InChI=1S/C13H19N3O3/c1-8-4-5-9(12(17)15-2)6-10(8)16-13(18)11(7-14)19-3/h4-6,11H,7,14H2,1-3H3,(H,15,17)(H,16,18). The molecule has 1 unspecified atom stereocenters. The lowest BCUT2D eigenvalue weighted by molar-refractivity contribution is -0.125. The lowest BCUT2D eigenvalue weighted by Gasteiger charge is -2.15. The first-order chi connectivity index (χ1) is 9.03. The molecule has 1 aromatic carbocycles. The van der Waals surface area contributed by atoms with E-state index in [0.717, 1.165) is 5.56 Å². The van der Waals surface area contributed by atoms with Gasteiger partial charge in [-0.15, -0.1) is 0 Å². The average molecular weight is 265 g/mol. The quantitative estimate of drug-likeness (QED) is 0.712. The molecule has 0 saturated heterocycles. The van der Waals surface area contributed by atoms with Crippen LogP contribution in [0.2, 0.25) is 0 Å². The van der Waals surface area contributed by atoms with Crippen molar-refractivity contribution in [2.24, 2.45) is 5.73 Å². The second kappa shape index (κ2) is 6.86. The maximum absolute atomic E-state index is 11.9. The summed E-state index contributed by atoms with van der Waals surface area (Å²) in [6, 6.07) is 5.08. The van der Waals surface area contributed by atoms with Crippen LogP contribution < -0.4 is 16.4 Å². The Morgan fingerprint density at radius 2 is 2.11 bits per heavy atom. The number of methoxy groups -OCH3 is 1. The summed E-state index contributed by atoms with van der Waals surface area (Å²) >= 11 is 0. The smallest absolute Gasteiger partial charge is 0.254 e. The molecule has 1 aromatic rings. The molecule has 0 saturated carbocycles. The predicted molar refractivity (Wildman–Crippen MR) is 73.1 cm³/mol.